The molecule has 0 aromatic heterocycles. The first-order valence-corrected chi connectivity index (χ1v) is 8.23. The molecule has 1 amide bonds. The first-order chi connectivity index (χ1) is 11.6. The van der Waals surface area contributed by atoms with Gasteiger partial charge in [0.05, 0.1) is 4.92 Å². The molecule has 1 aromatic rings. The quantitative estimate of drug-likeness (QED) is 0.231. The van der Waals surface area contributed by atoms with Crippen LogP contribution in [0.25, 0.3) is 6.08 Å². The van der Waals surface area contributed by atoms with E-state index in [0.717, 1.165) is 19.3 Å². The zero-order valence-corrected chi connectivity index (χ0v) is 14.0. The third-order valence-electron chi connectivity index (χ3n) is 3.60. The van der Waals surface area contributed by atoms with E-state index in [1.807, 2.05) is 6.07 Å². The first kappa shape index (κ1) is 19.4. The van der Waals surface area contributed by atoms with Crippen molar-refractivity contribution in [1.29, 1.82) is 5.26 Å². The van der Waals surface area contributed by atoms with Gasteiger partial charge in [-0.2, -0.15) is 5.26 Å². The van der Waals surface area contributed by atoms with Gasteiger partial charge in [0, 0.05) is 18.7 Å². The molecule has 6 nitrogen and oxygen atoms in total. The molecule has 1 rings (SSSR count). The zero-order valence-electron chi connectivity index (χ0n) is 14.0. The Labute approximate surface area is 142 Å². The summed E-state index contributed by atoms with van der Waals surface area (Å²) in [7, 11) is 0. The minimum Gasteiger partial charge on any atom is -0.351 e. The van der Waals surface area contributed by atoms with Crippen LogP contribution in [0.1, 0.15) is 51.0 Å². The predicted molar refractivity (Wildman–Crippen MR) is 93.1 cm³/mol. The van der Waals surface area contributed by atoms with Crippen LogP contribution >= 0.6 is 0 Å². The van der Waals surface area contributed by atoms with Gasteiger partial charge in [-0.05, 0) is 30.2 Å². The van der Waals surface area contributed by atoms with Crippen molar-refractivity contribution in [1.82, 2.24) is 5.32 Å². The number of amides is 1. The SMILES string of the molecule is CCCCCCCCNC(=O)/C(C#N)=C\c1ccc([N+](=O)[O-])cc1. The van der Waals surface area contributed by atoms with E-state index in [-0.39, 0.29) is 11.3 Å². The van der Waals surface area contributed by atoms with Crippen LogP contribution in [0.4, 0.5) is 5.69 Å². The molecule has 128 valence electrons. The van der Waals surface area contributed by atoms with Crippen molar-refractivity contribution >= 4 is 17.7 Å². The minimum atomic E-state index is -0.494. The van der Waals surface area contributed by atoms with Gasteiger partial charge in [0.2, 0.25) is 0 Å². The number of unbranched alkanes of at least 4 members (excludes halogenated alkanes) is 5. The largest absolute Gasteiger partial charge is 0.351 e. The maximum absolute atomic E-state index is 12.0. The number of nitrogens with one attached hydrogen (secondary N) is 1. The monoisotopic (exact) mass is 329 g/mol. The Kier molecular flexibility index (Phi) is 8.84. The van der Waals surface area contributed by atoms with Gasteiger partial charge in [0.15, 0.2) is 0 Å². The summed E-state index contributed by atoms with van der Waals surface area (Å²) >= 11 is 0. The Balaban J connectivity index is 2.48. The highest BCUT2D eigenvalue weighted by molar-refractivity contribution is 6.01. The molecule has 0 aliphatic rings. The molecule has 0 radical (unpaired) electrons. The molecular weight excluding hydrogens is 306 g/mol. The van der Waals surface area contributed by atoms with Crippen LogP contribution in [0, 0.1) is 21.4 Å². The first-order valence-electron chi connectivity index (χ1n) is 8.23. The summed E-state index contributed by atoms with van der Waals surface area (Å²) in [6.07, 6.45) is 8.21. The van der Waals surface area contributed by atoms with Crippen LogP contribution in [-0.4, -0.2) is 17.4 Å². The van der Waals surface area contributed by atoms with E-state index in [0.29, 0.717) is 12.1 Å². The van der Waals surface area contributed by atoms with E-state index < -0.39 is 10.8 Å². The average Bonchev–Trinajstić information content (AvgIpc) is 2.59. The number of nitro benzene ring substituents is 1. The number of hydrogen-bond acceptors (Lipinski definition) is 4. The Morgan fingerprint density at radius 2 is 1.83 bits per heavy atom. The number of hydrogen-bond donors (Lipinski definition) is 1. The average molecular weight is 329 g/mol. The smallest absolute Gasteiger partial charge is 0.269 e. The van der Waals surface area contributed by atoms with E-state index in [4.69, 9.17) is 5.26 Å². The van der Waals surface area contributed by atoms with Crippen molar-refractivity contribution in [2.45, 2.75) is 45.4 Å². The molecule has 0 unspecified atom stereocenters. The third kappa shape index (κ3) is 7.05. The van der Waals surface area contributed by atoms with Gasteiger partial charge in [-0.25, -0.2) is 0 Å². The van der Waals surface area contributed by atoms with Gasteiger partial charge in [0.1, 0.15) is 11.6 Å². The number of carbonyl (C=O) groups excluding carboxylic acids is 1. The third-order valence-corrected chi connectivity index (χ3v) is 3.60. The van der Waals surface area contributed by atoms with Crippen LogP contribution in [-0.2, 0) is 4.79 Å². The lowest BCUT2D eigenvalue weighted by Crippen LogP contribution is -2.25. The Morgan fingerprint density at radius 3 is 2.42 bits per heavy atom. The fraction of sp³-hybridized carbons (Fsp3) is 0.444. The van der Waals surface area contributed by atoms with E-state index in [9.17, 15) is 14.9 Å². The van der Waals surface area contributed by atoms with Gasteiger partial charge in [-0.3, -0.25) is 14.9 Å². The highest BCUT2D eigenvalue weighted by atomic mass is 16.6. The summed E-state index contributed by atoms with van der Waals surface area (Å²) in [6, 6.07) is 7.58. The van der Waals surface area contributed by atoms with Crippen molar-refractivity contribution < 1.29 is 9.72 Å². The van der Waals surface area contributed by atoms with Crippen molar-refractivity contribution in [3.05, 3.63) is 45.5 Å². The van der Waals surface area contributed by atoms with Gasteiger partial charge in [-0.15, -0.1) is 0 Å². The lowest BCUT2D eigenvalue weighted by atomic mass is 10.1. The highest BCUT2D eigenvalue weighted by Crippen LogP contribution is 2.14. The van der Waals surface area contributed by atoms with Crippen molar-refractivity contribution in [3.8, 4) is 6.07 Å². The molecule has 0 saturated heterocycles. The Hall–Kier alpha value is -2.68. The van der Waals surface area contributed by atoms with Crippen LogP contribution in [0.3, 0.4) is 0 Å². The van der Waals surface area contributed by atoms with E-state index >= 15 is 0 Å². The number of nitro groups is 1. The number of nitrogens with zero attached hydrogens (tertiary/aromatic N) is 2. The zero-order chi connectivity index (χ0) is 17.8. The molecule has 0 aliphatic heterocycles. The highest BCUT2D eigenvalue weighted by Gasteiger charge is 2.09. The van der Waals surface area contributed by atoms with Crippen LogP contribution in [0.2, 0.25) is 0 Å². The number of nitriles is 1. The van der Waals surface area contributed by atoms with Crippen molar-refractivity contribution in [3.63, 3.8) is 0 Å². The van der Waals surface area contributed by atoms with Gasteiger partial charge >= 0.3 is 0 Å². The molecule has 1 N–H and O–H groups in total. The fourth-order valence-electron chi connectivity index (χ4n) is 2.21. The molecule has 0 atom stereocenters. The Bertz CT molecular complexity index is 615. The molecule has 0 aliphatic carbocycles. The van der Waals surface area contributed by atoms with Gasteiger partial charge in [-0.1, -0.05) is 39.0 Å². The molecule has 0 saturated carbocycles. The summed E-state index contributed by atoms with van der Waals surface area (Å²) in [4.78, 5) is 22.1. The summed E-state index contributed by atoms with van der Waals surface area (Å²) in [5, 5.41) is 22.5. The summed E-state index contributed by atoms with van der Waals surface area (Å²) in [6.45, 7) is 2.71. The second-order valence-electron chi connectivity index (χ2n) is 5.54. The molecule has 0 bridgehead atoms. The minimum absolute atomic E-state index is 0.00478. The number of benzene rings is 1. The van der Waals surface area contributed by atoms with Crippen LogP contribution in [0.5, 0.6) is 0 Å². The summed E-state index contributed by atoms with van der Waals surface area (Å²) in [5.41, 5.74) is 0.542. The molecule has 24 heavy (non-hydrogen) atoms. The number of carbonyl (C=O) groups is 1. The molecule has 0 heterocycles. The van der Waals surface area contributed by atoms with Gasteiger partial charge < -0.3 is 5.32 Å². The van der Waals surface area contributed by atoms with Crippen molar-refractivity contribution in [2.24, 2.45) is 0 Å². The topological polar surface area (TPSA) is 96.0 Å². The predicted octanol–water partition coefficient (Wildman–Crippen LogP) is 3.98. The molecule has 1 aromatic carbocycles. The van der Waals surface area contributed by atoms with Crippen molar-refractivity contribution in [2.75, 3.05) is 6.54 Å². The standard InChI is InChI=1S/C18H23N3O3/c1-2-3-4-5-6-7-12-20-18(22)16(14-19)13-15-8-10-17(11-9-15)21(23)24/h8-11,13H,2-7,12H2,1H3,(H,20,22)/b16-13-. The normalized spacial score (nSPS) is 10.9. The summed E-state index contributed by atoms with van der Waals surface area (Å²) < 4.78 is 0. The lowest BCUT2D eigenvalue weighted by molar-refractivity contribution is -0.384. The van der Waals surface area contributed by atoms with E-state index in [1.54, 1.807) is 0 Å². The van der Waals surface area contributed by atoms with Gasteiger partial charge in [0.25, 0.3) is 11.6 Å². The summed E-state index contributed by atoms with van der Waals surface area (Å²) in [5.74, 6) is -0.413. The van der Waals surface area contributed by atoms with Crippen LogP contribution in [0.15, 0.2) is 29.8 Å². The fourth-order valence-corrected chi connectivity index (χ4v) is 2.21. The second kappa shape index (κ2) is 10.9. The second-order valence-corrected chi connectivity index (χ2v) is 5.54. The number of rotatable bonds is 10. The molecule has 6 heteroatoms. The molecular formula is C18H23N3O3. The van der Waals surface area contributed by atoms with Crippen LogP contribution < -0.4 is 5.32 Å². The number of non-ortho nitro benzene ring substituents is 1. The maximum Gasteiger partial charge on any atom is 0.269 e. The van der Waals surface area contributed by atoms with E-state index in [1.165, 1.54) is 49.6 Å². The molecule has 0 fully saturated rings. The Morgan fingerprint density at radius 1 is 1.21 bits per heavy atom. The maximum atomic E-state index is 12.0. The lowest BCUT2D eigenvalue weighted by Gasteiger charge is -2.04. The molecule has 0 spiro atoms. The van der Waals surface area contributed by atoms with E-state index in [2.05, 4.69) is 12.2 Å².